The Bertz CT molecular complexity index is 761. The summed E-state index contributed by atoms with van der Waals surface area (Å²) in [5.41, 5.74) is 0.151. The van der Waals surface area contributed by atoms with E-state index in [1.165, 1.54) is 12.1 Å². The molecule has 0 aliphatic carbocycles. The summed E-state index contributed by atoms with van der Waals surface area (Å²) in [7, 11) is 0. The normalized spacial score (nSPS) is 15.3. The van der Waals surface area contributed by atoms with Crippen molar-refractivity contribution in [1.82, 2.24) is 30.0 Å². The predicted molar refractivity (Wildman–Crippen MR) is 92.4 cm³/mol. The number of carbonyl (C=O) groups is 1. The van der Waals surface area contributed by atoms with Crippen molar-refractivity contribution in [2.75, 3.05) is 26.2 Å². The second-order valence-electron chi connectivity index (χ2n) is 6.26. The third-order valence-electron chi connectivity index (χ3n) is 4.40. The Morgan fingerprint density at radius 3 is 2.67 bits per heavy atom. The number of nitrogens with zero attached hydrogens (tertiary/aromatic N) is 6. The Morgan fingerprint density at radius 1 is 1.22 bits per heavy atom. The van der Waals surface area contributed by atoms with Crippen LogP contribution in [0.4, 0.5) is 8.78 Å². The maximum atomic E-state index is 12.7. The maximum Gasteiger partial charge on any atom is 0.387 e. The Kier molecular flexibility index (Phi) is 6.28. The average Bonchev–Trinajstić information content (AvgIpc) is 3.09. The molecule has 27 heavy (non-hydrogen) atoms. The molecule has 0 spiro atoms. The van der Waals surface area contributed by atoms with Gasteiger partial charge in [0.25, 0.3) is 5.91 Å². The first-order valence-electron chi connectivity index (χ1n) is 8.89. The van der Waals surface area contributed by atoms with Gasteiger partial charge in [0.1, 0.15) is 5.75 Å². The average molecular weight is 380 g/mol. The summed E-state index contributed by atoms with van der Waals surface area (Å²) in [6, 6.07) is 6.08. The van der Waals surface area contributed by atoms with Crippen LogP contribution in [0.1, 0.15) is 29.5 Å². The predicted octanol–water partition coefficient (Wildman–Crippen LogP) is 1.64. The molecule has 0 unspecified atom stereocenters. The molecular formula is C17H22F2N6O2. The number of ether oxygens (including phenoxy) is 1. The van der Waals surface area contributed by atoms with E-state index >= 15 is 0 Å². The number of halogens is 2. The van der Waals surface area contributed by atoms with E-state index < -0.39 is 6.61 Å². The second-order valence-corrected chi connectivity index (χ2v) is 6.26. The van der Waals surface area contributed by atoms with Crippen LogP contribution in [0.25, 0.3) is 0 Å². The minimum Gasteiger partial charge on any atom is -0.434 e. The number of hydrogen-bond donors (Lipinski definition) is 0. The lowest BCUT2D eigenvalue weighted by Gasteiger charge is -2.34. The van der Waals surface area contributed by atoms with Gasteiger partial charge in [0.2, 0.25) is 0 Å². The molecule has 1 aromatic heterocycles. The van der Waals surface area contributed by atoms with Gasteiger partial charge in [0.15, 0.2) is 5.82 Å². The number of benzene rings is 1. The summed E-state index contributed by atoms with van der Waals surface area (Å²) < 4.78 is 31.4. The largest absolute Gasteiger partial charge is 0.434 e. The number of hydrogen-bond acceptors (Lipinski definition) is 6. The van der Waals surface area contributed by atoms with Gasteiger partial charge in [-0.2, -0.15) is 8.78 Å². The number of aromatic nitrogens is 4. The van der Waals surface area contributed by atoms with Crippen molar-refractivity contribution < 1.29 is 18.3 Å². The molecular weight excluding hydrogens is 358 g/mol. The zero-order valence-electron chi connectivity index (χ0n) is 15.1. The number of tetrazole rings is 1. The first-order valence-corrected chi connectivity index (χ1v) is 8.89. The van der Waals surface area contributed by atoms with E-state index in [4.69, 9.17) is 0 Å². The fraction of sp³-hybridized carbons (Fsp3) is 0.529. The molecule has 2 aromatic rings. The molecule has 3 rings (SSSR count). The third kappa shape index (κ3) is 4.76. The highest BCUT2D eigenvalue weighted by molar-refractivity contribution is 5.97. The van der Waals surface area contributed by atoms with Gasteiger partial charge in [-0.25, -0.2) is 4.68 Å². The fourth-order valence-electron chi connectivity index (χ4n) is 3.04. The molecule has 0 saturated carbocycles. The van der Waals surface area contributed by atoms with Crippen LogP contribution >= 0.6 is 0 Å². The van der Waals surface area contributed by atoms with Crippen molar-refractivity contribution >= 4 is 5.91 Å². The van der Waals surface area contributed by atoms with Crippen LogP contribution < -0.4 is 4.74 Å². The monoisotopic (exact) mass is 380 g/mol. The van der Waals surface area contributed by atoms with Gasteiger partial charge in [0.05, 0.1) is 12.1 Å². The fourth-order valence-corrected chi connectivity index (χ4v) is 3.04. The zero-order valence-corrected chi connectivity index (χ0v) is 15.1. The van der Waals surface area contributed by atoms with Crippen molar-refractivity contribution in [3.8, 4) is 5.75 Å². The van der Waals surface area contributed by atoms with Crippen LogP contribution in [-0.4, -0.2) is 68.7 Å². The molecule has 1 fully saturated rings. The molecule has 1 aliphatic rings. The van der Waals surface area contributed by atoms with Crippen LogP contribution in [-0.2, 0) is 13.1 Å². The molecule has 1 aromatic carbocycles. The highest BCUT2D eigenvalue weighted by atomic mass is 19.3. The summed E-state index contributed by atoms with van der Waals surface area (Å²) >= 11 is 0. The van der Waals surface area contributed by atoms with Gasteiger partial charge in [0, 0.05) is 32.7 Å². The van der Waals surface area contributed by atoms with Crippen LogP contribution in [0, 0.1) is 0 Å². The van der Waals surface area contributed by atoms with E-state index in [0.717, 1.165) is 18.8 Å². The smallest absolute Gasteiger partial charge is 0.387 e. The summed E-state index contributed by atoms with van der Waals surface area (Å²) in [6.45, 7) is 2.78. The highest BCUT2D eigenvalue weighted by Gasteiger charge is 2.25. The maximum absolute atomic E-state index is 12.7. The van der Waals surface area contributed by atoms with Gasteiger partial charge in [-0.15, -0.1) is 5.10 Å². The molecule has 1 amide bonds. The quantitative estimate of drug-likeness (QED) is 0.727. The highest BCUT2D eigenvalue weighted by Crippen LogP contribution is 2.22. The second kappa shape index (κ2) is 8.85. The summed E-state index contributed by atoms with van der Waals surface area (Å²) in [5.74, 6) is 0.396. The van der Waals surface area contributed by atoms with Crippen molar-refractivity contribution in [2.24, 2.45) is 0 Å². The number of para-hydroxylation sites is 1. The summed E-state index contributed by atoms with van der Waals surface area (Å²) in [5, 5.41) is 11.8. The van der Waals surface area contributed by atoms with Gasteiger partial charge < -0.3 is 9.64 Å². The standard InChI is InChI=1S/C17H22F2N6O2/c1-2-7-25-15(20-21-22-25)12-23-8-10-24(11-9-23)16(26)13-5-3-4-6-14(13)27-17(18)19/h3-6,17H,2,7-12H2,1H3. The van der Waals surface area contributed by atoms with Crippen LogP contribution in [0.15, 0.2) is 24.3 Å². The minimum atomic E-state index is -2.97. The van der Waals surface area contributed by atoms with Crippen molar-refractivity contribution in [1.29, 1.82) is 0 Å². The molecule has 8 nitrogen and oxygen atoms in total. The first kappa shape index (κ1) is 19.2. The summed E-state index contributed by atoms with van der Waals surface area (Å²) in [4.78, 5) is 16.5. The molecule has 1 aliphatic heterocycles. The van der Waals surface area contributed by atoms with E-state index in [0.29, 0.717) is 32.7 Å². The molecule has 146 valence electrons. The molecule has 2 heterocycles. The lowest BCUT2D eigenvalue weighted by Crippen LogP contribution is -2.48. The lowest BCUT2D eigenvalue weighted by atomic mass is 10.1. The molecule has 0 radical (unpaired) electrons. The third-order valence-corrected chi connectivity index (χ3v) is 4.40. The summed E-state index contributed by atoms with van der Waals surface area (Å²) in [6.07, 6.45) is 0.945. The lowest BCUT2D eigenvalue weighted by molar-refractivity contribution is -0.0503. The van der Waals surface area contributed by atoms with Crippen molar-refractivity contribution in [3.05, 3.63) is 35.7 Å². The molecule has 10 heteroatoms. The topological polar surface area (TPSA) is 76.4 Å². The molecule has 0 bridgehead atoms. The van der Waals surface area contributed by atoms with E-state index in [1.807, 2.05) is 0 Å². The Hall–Kier alpha value is -2.62. The minimum absolute atomic E-state index is 0.0985. The zero-order chi connectivity index (χ0) is 19.2. The molecule has 0 N–H and O–H groups in total. The van der Waals surface area contributed by atoms with Crippen molar-refractivity contribution in [3.63, 3.8) is 0 Å². The Morgan fingerprint density at radius 2 is 1.96 bits per heavy atom. The van der Waals surface area contributed by atoms with E-state index in [2.05, 4.69) is 32.1 Å². The van der Waals surface area contributed by atoms with Gasteiger partial charge >= 0.3 is 6.61 Å². The first-order chi connectivity index (χ1) is 13.1. The van der Waals surface area contributed by atoms with Crippen LogP contribution in [0.2, 0.25) is 0 Å². The number of rotatable bonds is 7. The SMILES string of the molecule is CCCn1nnnc1CN1CCN(C(=O)c2ccccc2OC(F)F)CC1. The van der Waals surface area contributed by atoms with Crippen LogP contribution in [0.5, 0.6) is 5.75 Å². The number of amides is 1. The number of aryl methyl sites for hydroxylation is 1. The molecule has 0 atom stereocenters. The van der Waals surface area contributed by atoms with Gasteiger partial charge in [-0.1, -0.05) is 19.1 Å². The van der Waals surface area contributed by atoms with E-state index in [9.17, 15) is 13.6 Å². The van der Waals surface area contributed by atoms with E-state index in [1.54, 1.807) is 21.7 Å². The number of alkyl halides is 2. The van der Waals surface area contributed by atoms with Gasteiger partial charge in [-0.3, -0.25) is 9.69 Å². The van der Waals surface area contributed by atoms with E-state index in [-0.39, 0.29) is 17.2 Å². The number of piperazine rings is 1. The Balaban J connectivity index is 1.59. The Labute approximate surface area is 155 Å². The van der Waals surface area contributed by atoms with Crippen LogP contribution in [0.3, 0.4) is 0 Å². The number of carbonyl (C=O) groups excluding carboxylic acids is 1. The van der Waals surface area contributed by atoms with Crippen molar-refractivity contribution in [2.45, 2.75) is 33.0 Å². The van der Waals surface area contributed by atoms with Gasteiger partial charge in [-0.05, 0) is 29.0 Å². The molecule has 1 saturated heterocycles.